The Kier molecular flexibility index (Phi) is 5.79. The maximum absolute atomic E-state index is 5.15. The monoisotopic (exact) mass is 282 g/mol. The van der Waals surface area contributed by atoms with E-state index in [9.17, 15) is 0 Å². The number of nitrogens with zero attached hydrogens (tertiary/aromatic N) is 1. The summed E-state index contributed by atoms with van der Waals surface area (Å²) in [7, 11) is 1.76. The maximum Gasteiger partial charge on any atom is 0.110 e. The third-order valence-electron chi connectivity index (χ3n) is 3.94. The van der Waals surface area contributed by atoms with Gasteiger partial charge >= 0.3 is 0 Å². The Hall–Kier alpha value is -0.450. The lowest BCUT2D eigenvalue weighted by Crippen LogP contribution is -2.30. The van der Waals surface area contributed by atoms with Gasteiger partial charge in [0.25, 0.3) is 0 Å². The largest absolute Gasteiger partial charge is 0.383 e. The third kappa shape index (κ3) is 4.01. The van der Waals surface area contributed by atoms with Crippen molar-refractivity contribution in [1.29, 1.82) is 0 Å². The van der Waals surface area contributed by atoms with Crippen LogP contribution in [0.4, 0.5) is 0 Å². The molecule has 0 bridgehead atoms. The minimum absolute atomic E-state index is 0.426. The van der Waals surface area contributed by atoms with E-state index >= 15 is 0 Å². The van der Waals surface area contributed by atoms with Crippen LogP contribution in [0.15, 0.2) is 5.38 Å². The van der Waals surface area contributed by atoms with Crippen LogP contribution in [0.2, 0.25) is 0 Å². The molecule has 1 saturated carbocycles. The quantitative estimate of drug-likeness (QED) is 0.774. The number of hydrogen-bond acceptors (Lipinski definition) is 4. The highest BCUT2D eigenvalue weighted by Gasteiger charge is 2.28. The molecular formula is C15H26N2OS. The fraction of sp³-hybridized carbons (Fsp3) is 0.800. The van der Waals surface area contributed by atoms with E-state index in [1.54, 1.807) is 7.11 Å². The van der Waals surface area contributed by atoms with E-state index in [1.807, 2.05) is 11.3 Å². The van der Waals surface area contributed by atoms with E-state index in [1.165, 1.54) is 36.4 Å². The number of hydrogen-bond donors (Lipinski definition) is 1. The van der Waals surface area contributed by atoms with Crippen LogP contribution in [0.1, 0.15) is 62.2 Å². The molecule has 2 rings (SSSR count). The van der Waals surface area contributed by atoms with Crippen LogP contribution in [0.5, 0.6) is 0 Å². The minimum Gasteiger partial charge on any atom is -0.383 e. The summed E-state index contributed by atoms with van der Waals surface area (Å²) in [5, 5.41) is 7.15. The van der Waals surface area contributed by atoms with Crippen LogP contribution in [0, 0.1) is 5.92 Å². The van der Waals surface area contributed by atoms with Crippen molar-refractivity contribution in [2.45, 2.75) is 51.5 Å². The molecule has 108 valence electrons. The van der Waals surface area contributed by atoms with Gasteiger partial charge in [0, 0.05) is 19.0 Å². The molecule has 0 aliphatic heterocycles. The molecule has 1 fully saturated rings. The van der Waals surface area contributed by atoms with Gasteiger partial charge in [-0.25, -0.2) is 4.98 Å². The summed E-state index contributed by atoms with van der Waals surface area (Å²) in [5.41, 5.74) is 1.23. The predicted octanol–water partition coefficient (Wildman–Crippen LogP) is 3.73. The van der Waals surface area contributed by atoms with Gasteiger partial charge in [0.1, 0.15) is 5.01 Å². The van der Waals surface area contributed by atoms with Crippen molar-refractivity contribution in [3.05, 3.63) is 16.1 Å². The molecule has 1 aliphatic rings. The van der Waals surface area contributed by atoms with Crippen molar-refractivity contribution >= 4 is 11.3 Å². The second-order valence-electron chi connectivity index (χ2n) is 5.73. The van der Waals surface area contributed by atoms with Gasteiger partial charge in [0.2, 0.25) is 0 Å². The average molecular weight is 282 g/mol. The number of ether oxygens (including phenoxy) is 1. The summed E-state index contributed by atoms with van der Waals surface area (Å²) >= 11 is 1.82. The molecule has 0 aromatic carbocycles. The molecule has 1 heterocycles. The smallest absolute Gasteiger partial charge is 0.110 e. The molecule has 1 aliphatic carbocycles. The fourth-order valence-electron chi connectivity index (χ4n) is 2.77. The Morgan fingerprint density at radius 3 is 2.74 bits per heavy atom. The zero-order chi connectivity index (χ0) is 13.7. The second-order valence-corrected chi connectivity index (χ2v) is 6.62. The summed E-state index contributed by atoms with van der Waals surface area (Å²) in [4.78, 5) is 4.85. The molecule has 1 aromatic rings. The standard InChI is InChI=1S/C15H26N2OS/c1-11(2)13-10-19-15(17-13)14(16-8-9-18-3)12-6-4-5-7-12/h10-12,14,16H,4-9H2,1-3H3. The van der Waals surface area contributed by atoms with Crippen molar-refractivity contribution in [1.82, 2.24) is 10.3 Å². The molecule has 4 heteroatoms. The van der Waals surface area contributed by atoms with Gasteiger partial charge in [-0.3, -0.25) is 0 Å². The van der Waals surface area contributed by atoms with Crippen molar-refractivity contribution in [3.8, 4) is 0 Å². The lowest BCUT2D eigenvalue weighted by molar-refractivity contribution is 0.190. The van der Waals surface area contributed by atoms with Crippen LogP contribution in [0.3, 0.4) is 0 Å². The molecule has 19 heavy (non-hydrogen) atoms. The summed E-state index contributed by atoms with van der Waals surface area (Å²) < 4.78 is 5.15. The summed E-state index contributed by atoms with van der Waals surface area (Å²) in [6.07, 6.45) is 5.41. The molecule has 3 nitrogen and oxygen atoms in total. The zero-order valence-electron chi connectivity index (χ0n) is 12.3. The molecule has 1 N–H and O–H groups in total. The second kappa shape index (κ2) is 7.36. The SMILES string of the molecule is COCCNC(c1nc(C(C)C)cs1)C1CCCC1. The van der Waals surface area contributed by atoms with Gasteiger partial charge in [-0.2, -0.15) is 0 Å². The highest BCUT2D eigenvalue weighted by Crippen LogP contribution is 2.37. The molecule has 1 atom stereocenters. The zero-order valence-corrected chi connectivity index (χ0v) is 13.1. The van der Waals surface area contributed by atoms with Gasteiger partial charge in [0.05, 0.1) is 18.3 Å². The topological polar surface area (TPSA) is 34.1 Å². The summed E-state index contributed by atoms with van der Waals surface area (Å²) in [5.74, 6) is 1.27. The Morgan fingerprint density at radius 1 is 1.42 bits per heavy atom. The Bertz CT molecular complexity index is 372. The van der Waals surface area contributed by atoms with Crippen LogP contribution in [-0.2, 0) is 4.74 Å². The highest BCUT2D eigenvalue weighted by atomic mass is 32.1. The van der Waals surface area contributed by atoms with Crippen molar-refractivity contribution in [2.75, 3.05) is 20.3 Å². The van der Waals surface area contributed by atoms with Crippen molar-refractivity contribution in [2.24, 2.45) is 5.92 Å². The first-order chi connectivity index (χ1) is 9.22. The summed E-state index contributed by atoms with van der Waals surface area (Å²) in [6.45, 7) is 6.10. The summed E-state index contributed by atoms with van der Waals surface area (Å²) in [6, 6.07) is 0.426. The number of aromatic nitrogens is 1. The predicted molar refractivity (Wildman–Crippen MR) is 80.8 cm³/mol. The molecular weight excluding hydrogens is 256 g/mol. The maximum atomic E-state index is 5.15. The van der Waals surface area contributed by atoms with E-state index in [-0.39, 0.29) is 0 Å². The minimum atomic E-state index is 0.426. The highest BCUT2D eigenvalue weighted by molar-refractivity contribution is 7.09. The Balaban J connectivity index is 2.05. The van der Waals surface area contributed by atoms with E-state index in [4.69, 9.17) is 9.72 Å². The molecule has 0 amide bonds. The normalized spacial score (nSPS) is 18.3. The molecule has 1 aromatic heterocycles. The molecule has 1 unspecified atom stereocenters. The fourth-order valence-corrected chi connectivity index (χ4v) is 3.92. The number of methoxy groups -OCH3 is 1. The van der Waals surface area contributed by atoms with Crippen LogP contribution in [0.25, 0.3) is 0 Å². The first-order valence-corrected chi connectivity index (χ1v) is 8.28. The van der Waals surface area contributed by atoms with Crippen molar-refractivity contribution in [3.63, 3.8) is 0 Å². The van der Waals surface area contributed by atoms with E-state index in [0.717, 1.165) is 19.1 Å². The van der Waals surface area contributed by atoms with Gasteiger partial charge in [0.15, 0.2) is 0 Å². The van der Waals surface area contributed by atoms with E-state index in [2.05, 4.69) is 24.5 Å². The molecule has 0 radical (unpaired) electrons. The molecule has 0 spiro atoms. The Morgan fingerprint density at radius 2 is 2.16 bits per heavy atom. The number of thiazole rings is 1. The number of rotatable bonds is 7. The van der Waals surface area contributed by atoms with Crippen molar-refractivity contribution < 1.29 is 4.74 Å². The lowest BCUT2D eigenvalue weighted by atomic mass is 9.98. The van der Waals surface area contributed by atoms with Gasteiger partial charge in [-0.15, -0.1) is 11.3 Å². The van der Waals surface area contributed by atoms with Crippen LogP contribution >= 0.6 is 11.3 Å². The van der Waals surface area contributed by atoms with Gasteiger partial charge in [-0.05, 0) is 24.7 Å². The molecule has 0 saturated heterocycles. The first-order valence-electron chi connectivity index (χ1n) is 7.40. The third-order valence-corrected chi connectivity index (χ3v) is 4.89. The first kappa shape index (κ1) is 14.9. The van der Waals surface area contributed by atoms with Crippen LogP contribution < -0.4 is 5.32 Å². The number of nitrogens with one attached hydrogen (secondary N) is 1. The van der Waals surface area contributed by atoms with Gasteiger partial charge in [-0.1, -0.05) is 26.7 Å². The average Bonchev–Trinajstić information content (AvgIpc) is 3.06. The lowest BCUT2D eigenvalue weighted by Gasteiger charge is -2.22. The Labute approximate surface area is 120 Å². The van der Waals surface area contributed by atoms with E-state index in [0.29, 0.717) is 12.0 Å². The van der Waals surface area contributed by atoms with E-state index < -0.39 is 0 Å². The van der Waals surface area contributed by atoms with Crippen LogP contribution in [-0.4, -0.2) is 25.2 Å². The van der Waals surface area contributed by atoms with Gasteiger partial charge < -0.3 is 10.1 Å².